The van der Waals surface area contributed by atoms with Crippen LogP contribution in [0.5, 0.6) is 0 Å². The molecule has 0 atom stereocenters. The fraction of sp³-hybridized carbons (Fsp3) is 0.130. The average Bonchev–Trinajstić information content (AvgIpc) is 2.76. The van der Waals surface area contributed by atoms with Crippen LogP contribution < -0.4 is 10.9 Å². The van der Waals surface area contributed by atoms with Crippen LogP contribution in [0.25, 0.3) is 16.5 Å². The first-order valence-electron chi connectivity index (χ1n) is 9.90. The minimum absolute atomic E-state index is 0.0390. The van der Waals surface area contributed by atoms with Gasteiger partial charge in [0.05, 0.1) is 22.5 Å². The van der Waals surface area contributed by atoms with Crippen LogP contribution >= 0.6 is 0 Å². The molecule has 1 heterocycles. The predicted octanol–water partition coefficient (Wildman–Crippen LogP) is 7.19. The Morgan fingerprint density at radius 1 is 0.694 bits per heavy atom. The topological polar surface area (TPSA) is 46.9 Å². The Bertz CT molecular complexity index is 1500. The zero-order valence-corrected chi connectivity index (χ0v) is 17.6. The lowest BCUT2D eigenvalue weighted by Crippen LogP contribution is -2.26. The van der Waals surface area contributed by atoms with Gasteiger partial charge in [-0.05, 0) is 41.1 Å². The molecule has 3 aromatic carbocycles. The van der Waals surface area contributed by atoms with Gasteiger partial charge in [-0.3, -0.25) is 4.79 Å². The van der Waals surface area contributed by atoms with E-state index in [9.17, 15) is 44.3 Å². The van der Waals surface area contributed by atoms with Gasteiger partial charge in [0.25, 0.3) is 5.56 Å². The number of benzene rings is 3. The molecule has 0 saturated heterocycles. The monoisotopic (exact) mass is 517 g/mol. The lowest BCUT2D eigenvalue weighted by molar-refractivity contribution is -0.143. The summed E-state index contributed by atoms with van der Waals surface area (Å²) < 4.78 is 120. The van der Waals surface area contributed by atoms with E-state index >= 15 is 0 Å². The first-order valence-corrected chi connectivity index (χ1v) is 9.90. The Kier molecular flexibility index (Phi) is 5.97. The number of anilines is 2. The van der Waals surface area contributed by atoms with E-state index in [-0.39, 0.29) is 17.8 Å². The second-order valence-corrected chi connectivity index (χ2v) is 7.55. The third-order valence-electron chi connectivity index (χ3n) is 5.10. The van der Waals surface area contributed by atoms with Crippen molar-refractivity contribution in [2.45, 2.75) is 18.5 Å². The van der Waals surface area contributed by atoms with Gasteiger partial charge in [0.2, 0.25) is 5.95 Å². The maximum absolute atomic E-state index is 13.6. The van der Waals surface area contributed by atoms with Crippen molar-refractivity contribution in [1.82, 2.24) is 9.55 Å². The molecule has 188 valence electrons. The fourth-order valence-electron chi connectivity index (χ4n) is 3.46. The quantitative estimate of drug-likeness (QED) is 0.293. The van der Waals surface area contributed by atoms with Gasteiger partial charge in [0.1, 0.15) is 0 Å². The van der Waals surface area contributed by atoms with Crippen LogP contribution in [0.4, 0.5) is 51.1 Å². The maximum atomic E-state index is 13.6. The highest BCUT2D eigenvalue weighted by atomic mass is 19.4. The third kappa shape index (κ3) is 4.99. The standard InChI is InChI=1S/C23H12F9N3O/c24-21(25,26)14-6-8-17(16(10-14)22(27,28)29)33-20-34-18(23(30,31)32)11-19(36)35(20)15-7-5-12-3-1-2-4-13(12)9-15/h1-11H,(H,33,34). The Morgan fingerprint density at radius 2 is 1.36 bits per heavy atom. The summed E-state index contributed by atoms with van der Waals surface area (Å²) in [5.74, 6) is -0.977. The first kappa shape index (κ1) is 25.1. The molecule has 4 aromatic rings. The molecular weight excluding hydrogens is 505 g/mol. The molecule has 0 amide bonds. The normalized spacial score (nSPS) is 12.7. The molecule has 0 aliphatic heterocycles. The molecule has 0 fully saturated rings. The van der Waals surface area contributed by atoms with E-state index in [0.29, 0.717) is 27.5 Å². The summed E-state index contributed by atoms with van der Waals surface area (Å²) >= 11 is 0. The van der Waals surface area contributed by atoms with Crippen LogP contribution in [-0.4, -0.2) is 9.55 Å². The molecule has 0 unspecified atom stereocenters. The van der Waals surface area contributed by atoms with E-state index in [0.717, 1.165) is 0 Å². The molecule has 0 saturated carbocycles. The summed E-state index contributed by atoms with van der Waals surface area (Å²) in [5, 5.41) is 3.24. The molecule has 0 spiro atoms. The fourth-order valence-corrected chi connectivity index (χ4v) is 3.46. The SMILES string of the molecule is O=c1cc(C(F)(F)F)nc(Nc2ccc(C(F)(F)F)cc2C(F)(F)F)n1-c1ccc2ccccc2c1. The van der Waals surface area contributed by atoms with E-state index < -0.39 is 52.5 Å². The Morgan fingerprint density at radius 3 is 1.97 bits per heavy atom. The van der Waals surface area contributed by atoms with E-state index in [1.54, 1.807) is 24.3 Å². The number of nitrogens with one attached hydrogen (secondary N) is 1. The average molecular weight is 517 g/mol. The molecule has 0 radical (unpaired) electrons. The summed E-state index contributed by atoms with van der Waals surface area (Å²) in [4.78, 5) is 16.0. The van der Waals surface area contributed by atoms with Gasteiger partial charge < -0.3 is 5.32 Å². The maximum Gasteiger partial charge on any atom is 0.433 e. The Hall–Kier alpha value is -4.03. The van der Waals surface area contributed by atoms with Crippen LogP contribution in [-0.2, 0) is 18.5 Å². The number of hydrogen-bond donors (Lipinski definition) is 1. The summed E-state index contributed by atoms with van der Waals surface area (Å²) in [6.07, 6.45) is -15.6. The highest BCUT2D eigenvalue weighted by Gasteiger charge is 2.39. The Labute approximate surface area is 195 Å². The molecule has 4 rings (SSSR count). The van der Waals surface area contributed by atoms with Crippen molar-refractivity contribution in [3.8, 4) is 5.69 Å². The number of hydrogen-bond acceptors (Lipinski definition) is 3. The number of alkyl halides is 9. The van der Waals surface area contributed by atoms with Crippen molar-refractivity contribution in [1.29, 1.82) is 0 Å². The van der Waals surface area contributed by atoms with Crippen molar-refractivity contribution in [2.75, 3.05) is 5.32 Å². The van der Waals surface area contributed by atoms with Crippen molar-refractivity contribution in [2.24, 2.45) is 0 Å². The van der Waals surface area contributed by atoms with Gasteiger partial charge in [-0.2, -0.15) is 39.5 Å². The van der Waals surface area contributed by atoms with E-state index in [1.165, 1.54) is 18.2 Å². The molecule has 0 bridgehead atoms. The summed E-state index contributed by atoms with van der Waals surface area (Å²) in [6.45, 7) is 0. The molecule has 1 aromatic heterocycles. The number of fused-ring (bicyclic) bond motifs is 1. The highest BCUT2D eigenvalue weighted by molar-refractivity contribution is 5.84. The molecule has 0 aliphatic rings. The number of nitrogens with zero attached hydrogens (tertiary/aromatic N) is 2. The van der Waals surface area contributed by atoms with Crippen LogP contribution in [0.3, 0.4) is 0 Å². The predicted molar refractivity (Wildman–Crippen MR) is 112 cm³/mol. The summed E-state index contributed by atoms with van der Waals surface area (Å²) in [7, 11) is 0. The van der Waals surface area contributed by atoms with E-state index in [4.69, 9.17) is 0 Å². The number of halogens is 9. The van der Waals surface area contributed by atoms with Gasteiger partial charge in [0.15, 0.2) is 5.69 Å². The van der Waals surface area contributed by atoms with Gasteiger partial charge >= 0.3 is 18.5 Å². The zero-order chi connectivity index (χ0) is 26.5. The molecule has 4 nitrogen and oxygen atoms in total. The zero-order valence-electron chi connectivity index (χ0n) is 17.6. The van der Waals surface area contributed by atoms with Gasteiger partial charge in [0, 0.05) is 6.07 Å². The smallest absolute Gasteiger partial charge is 0.325 e. The van der Waals surface area contributed by atoms with Crippen molar-refractivity contribution >= 4 is 22.4 Å². The first-order chi connectivity index (χ1) is 16.6. The second kappa shape index (κ2) is 8.57. The van der Waals surface area contributed by atoms with Crippen molar-refractivity contribution in [3.05, 3.63) is 93.9 Å². The summed E-state index contributed by atoms with van der Waals surface area (Å²) in [6, 6.07) is 11.7. The largest absolute Gasteiger partial charge is 0.433 e. The van der Waals surface area contributed by atoms with Crippen LogP contribution in [0, 0.1) is 0 Å². The molecule has 1 N–H and O–H groups in total. The number of rotatable bonds is 3. The second-order valence-electron chi connectivity index (χ2n) is 7.55. The lowest BCUT2D eigenvalue weighted by atomic mass is 10.1. The molecule has 0 aliphatic carbocycles. The Balaban J connectivity index is 1.94. The summed E-state index contributed by atoms with van der Waals surface area (Å²) in [5.41, 5.74) is -7.49. The van der Waals surface area contributed by atoms with E-state index in [1.807, 2.05) is 5.32 Å². The van der Waals surface area contributed by atoms with Gasteiger partial charge in [-0.25, -0.2) is 9.55 Å². The molecule has 13 heteroatoms. The molecular formula is C23H12F9N3O. The van der Waals surface area contributed by atoms with Crippen LogP contribution in [0.2, 0.25) is 0 Å². The van der Waals surface area contributed by atoms with E-state index in [2.05, 4.69) is 4.98 Å². The minimum atomic E-state index is -5.32. The van der Waals surface area contributed by atoms with Crippen LogP contribution in [0.1, 0.15) is 16.8 Å². The van der Waals surface area contributed by atoms with Crippen LogP contribution in [0.15, 0.2) is 71.5 Å². The number of aromatic nitrogens is 2. The van der Waals surface area contributed by atoms with Crippen molar-refractivity contribution in [3.63, 3.8) is 0 Å². The highest BCUT2D eigenvalue weighted by Crippen LogP contribution is 2.40. The van der Waals surface area contributed by atoms with Crippen molar-refractivity contribution < 1.29 is 39.5 Å². The minimum Gasteiger partial charge on any atom is -0.325 e. The van der Waals surface area contributed by atoms with Gasteiger partial charge in [-0.15, -0.1) is 0 Å². The third-order valence-corrected chi connectivity index (χ3v) is 5.10. The lowest BCUT2D eigenvalue weighted by Gasteiger charge is -2.20. The van der Waals surface area contributed by atoms with Gasteiger partial charge in [-0.1, -0.05) is 30.3 Å². The molecule has 36 heavy (non-hydrogen) atoms.